The number of hydrogen-bond donors (Lipinski definition) is 2. The van der Waals surface area contributed by atoms with Crippen molar-refractivity contribution in [3.8, 4) is 0 Å². The molecule has 0 aromatic heterocycles. The highest BCUT2D eigenvalue weighted by Crippen LogP contribution is 2.18. The number of alkyl halides is 3. The van der Waals surface area contributed by atoms with Crippen molar-refractivity contribution in [2.75, 3.05) is 26.7 Å². The number of carbonyl (C=O) groups is 1. The van der Waals surface area contributed by atoms with Gasteiger partial charge in [-0.05, 0) is 13.3 Å². The van der Waals surface area contributed by atoms with Crippen molar-refractivity contribution in [3.63, 3.8) is 0 Å². The zero-order valence-electron chi connectivity index (χ0n) is 11.8. The Labute approximate surface area is 116 Å². The smallest absolute Gasteiger partial charge is 0.357 e. The van der Waals surface area contributed by atoms with E-state index in [0.29, 0.717) is 31.9 Å². The predicted octanol–water partition coefficient (Wildman–Crippen LogP) is 1.11. The molecule has 1 unspecified atom stereocenters. The maximum atomic E-state index is 12.1. The molecule has 1 amide bonds. The predicted molar refractivity (Wildman–Crippen MR) is 70.4 cm³/mol. The van der Waals surface area contributed by atoms with Crippen molar-refractivity contribution in [2.24, 2.45) is 4.99 Å². The van der Waals surface area contributed by atoms with Crippen LogP contribution in [0, 0.1) is 0 Å². The van der Waals surface area contributed by atoms with Gasteiger partial charge in [0, 0.05) is 32.6 Å². The van der Waals surface area contributed by atoms with E-state index >= 15 is 0 Å². The minimum absolute atomic E-state index is 0.0152. The molecule has 1 atom stereocenters. The van der Waals surface area contributed by atoms with Gasteiger partial charge in [0.2, 0.25) is 5.91 Å². The first-order chi connectivity index (χ1) is 9.31. The van der Waals surface area contributed by atoms with E-state index in [1.165, 1.54) is 0 Å². The molecule has 0 aliphatic carbocycles. The number of nitrogens with zero attached hydrogens (tertiary/aromatic N) is 2. The number of likely N-dealkylation sites (tertiary alicyclic amines) is 1. The van der Waals surface area contributed by atoms with Gasteiger partial charge >= 0.3 is 6.18 Å². The summed E-state index contributed by atoms with van der Waals surface area (Å²) in [6.45, 7) is 2.64. The van der Waals surface area contributed by atoms with Crippen molar-refractivity contribution in [2.45, 2.75) is 38.4 Å². The van der Waals surface area contributed by atoms with Crippen molar-refractivity contribution in [3.05, 3.63) is 0 Å². The molecule has 8 heteroatoms. The van der Waals surface area contributed by atoms with Crippen LogP contribution >= 0.6 is 0 Å². The number of piperidine rings is 1. The third kappa shape index (κ3) is 6.12. The fourth-order valence-corrected chi connectivity index (χ4v) is 1.94. The van der Waals surface area contributed by atoms with Gasteiger partial charge in [0.05, 0.1) is 13.0 Å². The van der Waals surface area contributed by atoms with Crippen LogP contribution < -0.4 is 10.6 Å². The molecule has 5 nitrogen and oxygen atoms in total. The fourth-order valence-electron chi connectivity index (χ4n) is 1.94. The topological polar surface area (TPSA) is 56.7 Å². The summed E-state index contributed by atoms with van der Waals surface area (Å²) in [7, 11) is 1.71. The van der Waals surface area contributed by atoms with E-state index in [1.54, 1.807) is 11.9 Å². The minimum Gasteiger partial charge on any atom is -0.357 e. The number of guanidine groups is 1. The first-order valence-corrected chi connectivity index (χ1v) is 6.67. The van der Waals surface area contributed by atoms with E-state index in [0.717, 1.165) is 0 Å². The molecule has 1 fully saturated rings. The molecule has 1 heterocycles. The van der Waals surface area contributed by atoms with Crippen molar-refractivity contribution in [1.82, 2.24) is 15.5 Å². The van der Waals surface area contributed by atoms with Gasteiger partial charge in [0.25, 0.3) is 0 Å². The standard InChI is InChI=1S/C12H21F3N4O/c1-3-16-11(17-7-6-12(13,14)15)18-9-4-5-10(20)19(2)8-9/h9H,3-8H2,1-2H3,(H2,16,17,18). The molecule has 0 radical (unpaired) electrons. The van der Waals surface area contributed by atoms with E-state index in [9.17, 15) is 18.0 Å². The number of nitrogens with one attached hydrogen (secondary N) is 2. The Morgan fingerprint density at radius 2 is 2.20 bits per heavy atom. The minimum atomic E-state index is -4.20. The van der Waals surface area contributed by atoms with Gasteiger partial charge in [-0.3, -0.25) is 9.79 Å². The molecule has 0 aromatic carbocycles. The summed E-state index contributed by atoms with van der Waals surface area (Å²) in [5.41, 5.74) is 0. The zero-order valence-corrected chi connectivity index (χ0v) is 11.8. The first-order valence-electron chi connectivity index (χ1n) is 6.67. The average Bonchev–Trinajstić information content (AvgIpc) is 2.32. The number of halogens is 3. The van der Waals surface area contributed by atoms with E-state index in [4.69, 9.17) is 0 Å². The summed E-state index contributed by atoms with van der Waals surface area (Å²) < 4.78 is 36.3. The third-order valence-electron chi connectivity index (χ3n) is 2.98. The van der Waals surface area contributed by atoms with Gasteiger partial charge in [0.15, 0.2) is 5.96 Å². The molecule has 1 saturated heterocycles. The molecular weight excluding hydrogens is 273 g/mol. The number of hydrogen-bond acceptors (Lipinski definition) is 2. The summed E-state index contributed by atoms with van der Waals surface area (Å²) >= 11 is 0. The van der Waals surface area contributed by atoms with E-state index in [2.05, 4.69) is 15.6 Å². The Morgan fingerprint density at radius 1 is 1.50 bits per heavy atom. The van der Waals surface area contributed by atoms with Crippen LogP contribution in [0.2, 0.25) is 0 Å². The molecule has 20 heavy (non-hydrogen) atoms. The van der Waals surface area contributed by atoms with Crippen LogP contribution in [0.5, 0.6) is 0 Å². The zero-order chi connectivity index (χ0) is 15.2. The number of amides is 1. The summed E-state index contributed by atoms with van der Waals surface area (Å²) in [6.07, 6.45) is -4.03. The summed E-state index contributed by atoms with van der Waals surface area (Å²) in [4.78, 5) is 16.9. The molecule has 0 aromatic rings. The molecule has 0 bridgehead atoms. The van der Waals surface area contributed by atoms with Gasteiger partial charge in [-0.1, -0.05) is 0 Å². The number of aliphatic imine (C=N–C) groups is 1. The van der Waals surface area contributed by atoms with Crippen LogP contribution in [0.3, 0.4) is 0 Å². The van der Waals surface area contributed by atoms with Crippen molar-refractivity contribution < 1.29 is 18.0 Å². The average molecular weight is 294 g/mol. The Kier molecular flexibility index (Phi) is 6.09. The second-order valence-corrected chi connectivity index (χ2v) is 4.78. The Morgan fingerprint density at radius 3 is 2.75 bits per heavy atom. The lowest BCUT2D eigenvalue weighted by molar-refractivity contribution is -0.133. The molecular formula is C12H21F3N4O. The van der Waals surface area contributed by atoms with E-state index in [1.807, 2.05) is 6.92 Å². The SMILES string of the molecule is CCNC(=NCCC(F)(F)F)NC1CCC(=O)N(C)C1. The summed E-state index contributed by atoms with van der Waals surface area (Å²) in [5, 5.41) is 5.98. The molecule has 0 spiro atoms. The maximum Gasteiger partial charge on any atom is 0.390 e. The van der Waals surface area contributed by atoms with Crippen LogP contribution in [-0.4, -0.2) is 55.7 Å². The van der Waals surface area contributed by atoms with Gasteiger partial charge in [0.1, 0.15) is 0 Å². The van der Waals surface area contributed by atoms with Gasteiger partial charge in [-0.25, -0.2) is 0 Å². The summed E-state index contributed by atoms with van der Waals surface area (Å²) in [6, 6.07) is 0.0152. The maximum absolute atomic E-state index is 12.1. The molecule has 1 aliphatic rings. The van der Waals surface area contributed by atoms with Crippen LogP contribution in [0.4, 0.5) is 13.2 Å². The highest BCUT2D eigenvalue weighted by Gasteiger charge is 2.26. The molecule has 0 saturated carbocycles. The molecule has 116 valence electrons. The van der Waals surface area contributed by atoms with E-state index in [-0.39, 0.29) is 18.5 Å². The first kappa shape index (κ1) is 16.6. The molecule has 1 aliphatic heterocycles. The van der Waals surface area contributed by atoms with E-state index < -0.39 is 12.6 Å². The Hall–Kier alpha value is -1.47. The number of carbonyl (C=O) groups excluding carboxylic acids is 1. The second-order valence-electron chi connectivity index (χ2n) is 4.78. The largest absolute Gasteiger partial charge is 0.390 e. The van der Waals surface area contributed by atoms with Crippen LogP contribution in [0.1, 0.15) is 26.2 Å². The lowest BCUT2D eigenvalue weighted by atomic mass is 10.1. The van der Waals surface area contributed by atoms with Crippen LogP contribution in [0.25, 0.3) is 0 Å². The Balaban J connectivity index is 2.49. The lowest BCUT2D eigenvalue weighted by Crippen LogP contribution is -2.51. The molecule has 1 rings (SSSR count). The highest BCUT2D eigenvalue weighted by atomic mass is 19.4. The second kappa shape index (κ2) is 7.35. The highest BCUT2D eigenvalue weighted by molar-refractivity contribution is 5.81. The van der Waals surface area contributed by atoms with Crippen LogP contribution in [-0.2, 0) is 4.79 Å². The number of likely N-dealkylation sites (N-methyl/N-ethyl adjacent to an activating group) is 1. The monoisotopic (exact) mass is 294 g/mol. The fraction of sp³-hybridized carbons (Fsp3) is 0.833. The Bertz CT molecular complexity index is 357. The lowest BCUT2D eigenvalue weighted by Gasteiger charge is -2.31. The van der Waals surface area contributed by atoms with Gasteiger partial charge < -0.3 is 15.5 Å². The molecule has 2 N–H and O–H groups in total. The number of rotatable bonds is 4. The van der Waals surface area contributed by atoms with Crippen molar-refractivity contribution in [1.29, 1.82) is 0 Å². The van der Waals surface area contributed by atoms with Gasteiger partial charge in [-0.15, -0.1) is 0 Å². The van der Waals surface area contributed by atoms with Crippen LogP contribution in [0.15, 0.2) is 4.99 Å². The summed E-state index contributed by atoms with van der Waals surface area (Å²) in [5.74, 6) is 0.451. The quantitative estimate of drug-likeness (QED) is 0.603. The normalized spacial score (nSPS) is 21.1. The van der Waals surface area contributed by atoms with Gasteiger partial charge in [-0.2, -0.15) is 13.2 Å². The third-order valence-corrected chi connectivity index (χ3v) is 2.98. The van der Waals surface area contributed by atoms with Crippen molar-refractivity contribution >= 4 is 11.9 Å².